The lowest BCUT2D eigenvalue weighted by molar-refractivity contribution is 0.202. The van der Waals surface area contributed by atoms with E-state index in [-0.39, 0.29) is 18.8 Å². The minimum atomic E-state index is -1.52. The minimum Gasteiger partial charge on any atom is -0.491 e. The van der Waals surface area contributed by atoms with Crippen LogP contribution in [0.25, 0.3) is 11.1 Å². The van der Waals surface area contributed by atoms with Crippen molar-refractivity contribution in [3.05, 3.63) is 53.8 Å². The largest absolute Gasteiger partial charge is 0.491 e. The predicted molar refractivity (Wildman–Crippen MR) is 64.3 cm³/mol. The van der Waals surface area contributed by atoms with Gasteiger partial charge < -0.3 is 9.84 Å². The number of ether oxygens (including phenoxy) is 1. The SMILES string of the molecule is OCCOc1ccccc1-c1ccc(F)c(F)c1F. The maximum Gasteiger partial charge on any atom is 0.195 e. The molecule has 0 fully saturated rings. The Bertz CT molecular complexity index is 585. The first kappa shape index (κ1) is 13.4. The minimum absolute atomic E-state index is 0.0301. The van der Waals surface area contributed by atoms with Gasteiger partial charge in [-0.1, -0.05) is 18.2 Å². The molecule has 2 rings (SSSR count). The van der Waals surface area contributed by atoms with E-state index in [1.807, 2.05) is 0 Å². The van der Waals surface area contributed by atoms with E-state index in [1.54, 1.807) is 18.2 Å². The molecule has 2 aromatic rings. The molecule has 0 heterocycles. The maximum absolute atomic E-state index is 13.7. The summed E-state index contributed by atoms with van der Waals surface area (Å²) in [4.78, 5) is 0. The van der Waals surface area contributed by atoms with Crippen LogP contribution in [0.15, 0.2) is 36.4 Å². The molecule has 0 unspecified atom stereocenters. The molecule has 19 heavy (non-hydrogen) atoms. The van der Waals surface area contributed by atoms with E-state index in [9.17, 15) is 13.2 Å². The van der Waals surface area contributed by atoms with Crippen molar-refractivity contribution < 1.29 is 23.0 Å². The van der Waals surface area contributed by atoms with E-state index in [1.165, 1.54) is 6.07 Å². The fraction of sp³-hybridized carbons (Fsp3) is 0.143. The van der Waals surface area contributed by atoms with Gasteiger partial charge in [-0.25, -0.2) is 13.2 Å². The molecule has 0 amide bonds. The highest BCUT2D eigenvalue weighted by molar-refractivity contribution is 5.71. The Morgan fingerprint density at radius 1 is 0.895 bits per heavy atom. The number of halogens is 3. The number of para-hydroxylation sites is 1. The lowest BCUT2D eigenvalue weighted by atomic mass is 10.0. The van der Waals surface area contributed by atoms with E-state index < -0.39 is 17.5 Å². The van der Waals surface area contributed by atoms with Crippen molar-refractivity contribution in [2.24, 2.45) is 0 Å². The van der Waals surface area contributed by atoms with E-state index >= 15 is 0 Å². The van der Waals surface area contributed by atoms with Gasteiger partial charge in [-0.05, 0) is 18.2 Å². The van der Waals surface area contributed by atoms with Crippen LogP contribution < -0.4 is 4.74 Å². The molecular formula is C14H11F3O2. The second-order valence-electron chi connectivity index (χ2n) is 3.79. The normalized spacial score (nSPS) is 10.5. The third-order valence-electron chi connectivity index (χ3n) is 2.56. The average molecular weight is 268 g/mol. The van der Waals surface area contributed by atoms with Crippen molar-refractivity contribution in [2.45, 2.75) is 0 Å². The summed E-state index contributed by atoms with van der Waals surface area (Å²) in [7, 11) is 0. The van der Waals surface area contributed by atoms with Crippen molar-refractivity contribution in [1.82, 2.24) is 0 Å². The van der Waals surface area contributed by atoms with Gasteiger partial charge in [0, 0.05) is 11.1 Å². The quantitative estimate of drug-likeness (QED) is 0.863. The maximum atomic E-state index is 13.7. The van der Waals surface area contributed by atoms with E-state index in [0.717, 1.165) is 12.1 Å². The van der Waals surface area contributed by atoms with Gasteiger partial charge in [0.15, 0.2) is 17.5 Å². The molecule has 0 radical (unpaired) electrons. The Morgan fingerprint density at radius 2 is 1.63 bits per heavy atom. The van der Waals surface area contributed by atoms with Crippen LogP contribution >= 0.6 is 0 Å². The van der Waals surface area contributed by atoms with Crippen LogP contribution in [0.1, 0.15) is 0 Å². The molecule has 0 saturated carbocycles. The molecule has 5 heteroatoms. The van der Waals surface area contributed by atoms with Crippen molar-refractivity contribution in [3.8, 4) is 16.9 Å². The van der Waals surface area contributed by atoms with Crippen LogP contribution in [-0.4, -0.2) is 18.3 Å². The molecule has 0 aromatic heterocycles. The molecular weight excluding hydrogens is 257 g/mol. The van der Waals surface area contributed by atoms with Gasteiger partial charge in [0.05, 0.1) is 6.61 Å². The molecule has 0 saturated heterocycles. The average Bonchev–Trinajstić information content (AvgIpc) is 2.43. The Balaban J connectivity index is 2.50. The molecule has 2 nitrogen and oxygen atoms in total. The zero-order valence-corrected chi connectivity index (χ0v) is 9.87. The van der Waals surface area contributed by atoms with Gasteiger partial charge in [0.25, 0.3) is 0 Å². The summed E-state index contributed by atoms with van der Waals surface area (Å²) in [6.07, 6.45) is 0. The van der Waals surface area contributed by atoms with Crippen LogP contribution in [0, 0.1) is 17.5 Å². The molecule has 0 aliphatic heterocycles. The van der Waals surface area contributed by atoms with Crippen molar-refractivity contribution in [3.63, 3.8) is 0 Å². The van der Waals surface area contributed by atoms with Gasteiger partial charge in [-0.3, -0.25) is 0 Å². The molecule has 1 N–H and O–H groups in total. The Morgan fingerprint density at radius 3 is 2.37 bits per heavy atom. The Hall–Kier alpha value is -2.01. The number of aliphatic hydroxyl groups excluding tert-OH is 1. The lowest BCUT2D eigenvalue weighted by Gasteiger charge is -2.11. The smallest absolute Gasteiger partial charge is 0.195 e. The molecule has 0 atom stereocenters. The van der Waals surface area contributed by atoms with Gasteiger partial charge in [-0.15, -0.1) is 0 Å². The molecule has 2 aromatic carbocycles. The molecule has 0 aliphatic carbocycles. The standard InChI is InChI=1S/C14H11F3O2/c15-11-6-5-10(13(16)14(11)17)9-3-1-2-4-12(9)19-8-7-18/h1-6,18H,7-8H2. The molecule has 100 valence electrons. The summed E-state index contributed by atoms with van der Waals surface area (Å²) >= 11 is 0. The van der Waals surface area contributed by atoms with E-state index in [2.05, 4.69) is 0 Å². The summed E-state index contributed by atoms with van der Waals surface area (Å²) in [5, 5.41) is 8.72. The zero-order chi connectivity index (χ0) is 13.8. The van der Waals surface area contributed by atoms with Crippen molar-refractivity contribution >= 4 is 0 Å². The molecule has 0 aliphatic rings. The summed E-state index contributed by atoms with van der Waals surface area (Å²) in [5.41, 5.74) is 0.208. The topological polar surface area (TPSA) is 29.5 Å². The first-order valence-electron chi connectivity index (χ1n) is 5.61. The third-order valence-corrected chi connectivity index (χ3v) is 2.56. The highest BCUT2D eigenvalue weighted by Crippen LogP contribution is 2.33. The van der Waals surface area contributed by atoms with Crippen LogP contribution in [0.5, 0.6) is 5.75 Å². The van der Waals surface area contributed by atoms with Crippen LogP contribution in [0.4, 0.5) is 13.2 Å². The number of hydrogen-bond donors (Lipinski definition) is 1. The van der Waals surface area contributed by atoms with Crippen LogP contribution in [0.2, 0.25) is 0 Å². The highest BCUT2D eigenvalue weighted by atomic mass is 19.2. The van der Waals surface area contributed by atoms with Gasteiger partial charge in [-0.2, -0.15) is 0 Å². The number of hydrogen-bond acceptors (Lipinski definition) is 2. The van der Waals surface area contributed by atoms with Crippen LogP contribution in [0.3, 0.4) is 0 Å². The summed E-state index contributed by atoms with van der Waals surface area (Å²) in [6.45, 7) is -0.170. The van der Waals surface area contributed by atoms with Crippen molar-refractivity contribution in [2.75, 3.05) is 13.2 Å². The molecule has 0 spiro atoms. The lowest BCUT2D eigenvalue weighted by Crippen LogP contribution is -2.03. The number of benzene rings is 2. The second kappa shape index (κ2) is 5.75. The summed E-state index contributed by atoms with van der Waals surface area (Å²) in [5.74, 6) is -3.73. The highest BCUT2D eigenvalue weighted by Gasteiger charge is 2.17. The van der Waals surface area contributed by atoms with Gasteiger partial charge >= 0.3 is 0 Å². The first-order chi connectivity index (χ1) is 9.15. The summed E-state index contributed by atoms with van der Waals surface area (Å²) in [6, 6.07) is 8.38. The van der Waals surface area contributed by atoms with E-state index in [0.29, 0.717) is 11.3 Å². The first-order valence-corrected chi connectivity index (χ1v) is 5.61. The zero-order valence-electron chi connectivity index (χ0n) is 9.87. The number of rotatable bonds is 4. The third kappa shape index (κ3) is 2.71. The molecule has 0 bridgehead atoms. The fourth-order valence-electron chi connectivity index (χ4n) is 1.70. The van der Waals surface area contributed by atoms with Crippen molar-refractivity contribution in [1.29, 1.82) is 0 Å². The van der Waals surface area contributed by atoms with Gasteiger partial charge in [0.1, 0.15) is 12.4 Å². The van der Waals surface area contributed by atoms with Crippen LogP contribution in [-0.2, 0) is 0 Å². The van der Waals surface area contributed by atoms with E-state index in [4.69, 9.17) is 9.84 Å². The van der Waals surface area contributed by atoms with Gasteiger partial charge in [0.2, 0.25) is 0 Å². The summed E-state index contributed by atoms with van der Waals surface area (Å²) < 4.78 is 45.1. The fourth-order valence-corrected chi connectivity index (χ4v) is 1.70. The monoisotopic (exact) mass is 268 g/mol. The predicted octanol–water partition coefficient (Wildman–Crippen LogP) is 3.14. The Kier molecular flexibility index (Phi) is 4.06. The second-order valence-corrected chi connectivity index (χ2v) is 3.79. The Labute approximate surface area is 108 Å². The number of aliphatic hydroxyl groups is 1.